The average Bonchev–Trinajstić information content (AvgIpc) is 2.18. The van der Waals surface area contributed by atoms with E-state index in [0.717, 1.165) is 24.6 Å². The second kappa shape index (κ2) is 5.67. The predicted molar refractivity (Wildman–Crippen MR) is 51.7 cm³/mol. The van der Waals surface area contributed by atoms with Gasteiger partial charge in [0.05, 0.1) is 0 Å². The third-order valence-electron chi connectivity index (χ3n) is 1.87. The molecule has 0 aliphatic rings. The lowest BCUT2D eigenvalue weighted by molar-refractivity contribution is 0.506. The quantitative estimate of drug-likeness (QED) is 0.705. The van der Waals surface area contributed by atoms with Crippen molar-refractivity contribution in [3.63, 3.8) is 0 Å². The van der Waals surface area contributed by atoms with Crippen LogP contribution in [-0.4, -0.2) is 13.1 Å². The summed E-state index contributed by atoms with van der Waals surface area (Å²) >= 11 is 0. The highest BCUT2D eigenvalue weighted by Gasteiger charge is 2.01. The molecule has 0 aliphatic heterocycles. The summed E-state index contributed by atoms with van der Waals surface area (Å²) in [7, 11) is 0. The van der Waals surface area contributed by atoms with Crippen LogP contribution in [0.4, 0.5) is 8.78 Å². The largest absolute Gasteiger partial charge is 0.330 e. The first-order valence-corrected chi connectivity index (χ1v) is 4.58. The first-order chi connectivity index (χ1) is 6.74. The van der Waals surface area contributed by atoms with Crippen molar-refractivity contribution in [3.05, 3.63) is 35.4 Å². The molecule has 1 rings (SSSR count). The van der Waals surface area contributed by atoms with Crippen LogP contribution in [0.5, 0.6) is 0 Å². The summed E-state index contributed by atoms with van der Waals surface area (Å²) in [6, 6.07) is 3.90. The summed E-state index contributed by atoms with van der Waals surface area (Å²) in [5.74, 6) is -1.61. The van der Waals surface area contributed by atoms with E-state index in [2.05, 4.69) is 5.32 Å². The third kappa shape index (κ3) is 3.40. The van der Waals surface area contributed by atoms with Gasteiger partial charge < -0.3 is 11.1 Å². The van der Waals surface area contributed by atoms with Gasteiger partial charge in [0.25, 0.3) is 0 Å². The Kier molecular flexibility index (Phi) is 4.49. The molecule has 1 aromatic rings. The number of nitrogens with one attached hydrogen (secondary N) is 1. The van der Waals surface area contributed by atoms with E-state index in [-0.39, 0.29) is 0 Å². The fourth-order valence-corrected chi connectivity index (χ4v) is 1.11. The van der Waals surface area contributed by atoms with E-state index in [4.69, 9.17) is 5.73 Å². The molecule has 4 heteroatoms. The SMILES string of the molecule is NCCCNCc1ccc(F)c(F)c1. The van der Waals surface area contributed by atoms with E-state index in [1.807, 2.05) is 0 Å². The molecule has 0 amide bonds. The summed E-state index contributed by atoms with van der Waals surface area (Å²) in [6.45, 7) is 1.96. The monoisotopic (exact) mass is 200 g/mol. The molecule has 0 saturated heterocycles. The summed E-state index contributed by atoms with van der Waals surface area (Å²) in [5, 5.41) is 3.08. The van der Waals surface area contributed by atoms with Gasteiger partial charge in [-0.05, 0) is 37.2 Å². The maximum Gasteiger partial charge on any atom is 0.159 e. The highest BCUT2D eigenvalue weighted by molar-refractivity contribution is 5.17. The third-order valence-corrected chi connectivity index (χ3v) is 1.87. The Balaban J connectivity index is 2.39. The molecular weight excluding hydrogens is 186 g/mol. The Morgan fingerprint density at radius 3 is 2.64 bits per heavy atom. The second-order valence-electron chi connectivity index (χ2n) is 3.07. The lowest BCUT2D eigenvalue weighted by atomic mass is 10.2. The van der Waals surface area contributed by atoms with Crippen LogP contribution in [-0.2, 0) is 6.54 Å². The Morgan fingerprint density at radius 2 is 2.00 bits per heavy atom. The number of nitrogens with two attached hydrogens (primary N) is 1. The number of benzene rings is 1. The molecule has 0 bridgehead atoms. The van der Waals surface area contributed by atoms with Gasteiger partial charge in [0.2, 0.25) is 0 Å². The van der Waals surface area contributed by atoms with Crippen LogP contribution in [0.2, 0.25) is 0 Å². The van der Waals surface area contributed by atoms with Crippen molar-refractivity contribution in [1.29, 1.82) is 0 Å². The van der Waals surface area contributed by atoms with E-state index in [1.54, 1.807) is 6.07 Å². The van der Waals surface area contributed by atoms with Crippen molar-refractivity contribution >= 4 is 0 Å². The molecule has 0 atom stereocenters. The average molecular weight is 200 g/mol. The van der Waals surface area contributed by atoms with Gasteiger partial charge >= 0.3 is 0 Å². The Labute approximate surface area is 82.1 Å². The van der Waals surface area contributed by atoms with Crippen molar-refractivity contribution in [3.8, 4) is 0 Å². The number of halogens is 2. The maximum atomic E-state index is 12.7. The van der Waals surface area contributed by atoms with Crippen LogP contribution in [0.3, 0.4) is 0 Å². The van der Waals surface area contributed by atoms with Crippen molar-refractivity contribution in [2.75, 3.05) is 13.1 Å². The first kappa shape index (κ1) is 11.1. The molecule has 3 N–H and O–H groups in total. The van der Waals surface area contributed by atoms with E-state index >= 15 is 0 Å². The first-order valence-electron chi connectivity index (χ1n) is 4.58. The summed E-state index contributed by atoms with van der Waals surface area (Å²) in [4.78, 5) is 0. The smallest absolute Gasteiger partial charge is 0.159 e. The molecule has 0 aromatic heterocycles. The minimum absolute atomic E-state index is 0.539. The van der Waals surface area contributed by atoms with Crippen LogP contribution in [0.1, 0.15) is 12.0 Å². The van der Waals surface area contributed by atoms with Crippen LogP contribution in [0.15, 0.2) is 18.2 Å². The molecule has 0 aliphatic carbocycles. The van der Waals surface area contributed by atoms with Gasteiger partial charge in [-0.25, -0.2) is 8.78 Å². The fraction of sp³-hybridized carbons (Fsp3) is 0.400. The predicted octanol–water partition coefficient (Wildman–Crippen LogP) is 1.40. The van der Waals surface area contributed by atoms with Gasteiger partial charge in [-0.1, -0.05) is 6.07 Å². The second-order valence-corrected chi connectivity index (χ2v) is 3.07. The van der Waals surface area contributed by atoms with E-state index in [1.165, 1.54) is 6.07 Å². The molecule has 14 heavy (non-hydrogen) atoms. The molecule has 0 saturated carbocycles. The Hall–Kier alpha value is -1.00. The zero-order valence-electron chi connectivity index (χ0n) is 7.89. The molecule has 0 heterocycles. The minimum atomic E-state index is -0.810. The molecule has 0 radical (unpaired) electrons. The lowest BCUT2D eigenvalue weighted by Gasteiger charge is -2.04. The van der Waals surface area contributed by atoms with Crippen molar-refractivity contribution in [1.82, 2.24) is 5.32 Å². The molecule has 1 aromatic carbocycles. The Morgan fingerprint density at radius 1 is 1.21 bits per heavy atom. The summed E-state index contributed by atoms with van der Waals surface area (Å²) in [5.41, 5.74) is 6.04. The normalized spacial score (nSPS) is 10.5. The van der Waals surface area contributed by atoms with Crippen LogP contribution in [0.25, 0.3) is 0 Å². The molecule has 0 spiro atoms. The van der Waals surface area contributed by atoms with Gasteiger partial charge in [-0.2, -0.15) is 0 Å². The van der Waals surface area contributed by atoms with Gasteiger partial charge in [-0.15, -0.1) is 0 Å². The van der Waals surface area contributed by atoms with Gasteiger partial charge in [0.15, 0.2) is 11.6 Å². The van der Waals surface area contributed by atoms with Gasteiger partial charge in [0.1, 0.15) is 0 Å². The molecule has 0 unspecified atom stereocenters. The highest BCUT2D eigenvalue weighted by atomic mass is 19.2. The summed E-state index contributed by atoms with van der Waals surface area (Å²) < 4.78 is 25.3. The number of rotatable bonds is 5. The summed E-state index contributed by atoms with van der Waals surface area (Å²) in [6.07, 6.45) is 0.879. The minimum Gasteiger partial charge on any atom is -0.330 e. The molecule has 2 nitrogen and oxygen atoms in total. The lowest BCUT2D eigenvalue weighted by Crippen LogP contribution is -2.17. The van der Waals surface area contributed by atoms with Crippen molar-refractivity contribution < 1.29 is 8.78 Å². The molecule has 0 fully saturated rings. The zero-order chi connectivity index (χ0) is 10.4. The van der Waals surface area contributed by atoms with Crippen LogP contribution < -0.4 is 11.1 Å². The zero-order valence-corrected chi connectivity index (χ0v) is 7.89. The van der Waals surface area contributed by atoms with Crippen molar-refractivity contribution in [2.24, 2.45) is 5.73 Å². The molecule has 78 valence electrons. The number of hydrogen-bond donors (Lipinski definition) is 2. The van der Waals surface area contributed by atoms with E-state index < -0.39 is 11.6 Å². The van der Waals surface area contributed by atoms with Gasteiger partial charge in [0, 0.05) is 6.54 Å². The van der Waals surface area contributed by atoms with Crippen LogP contribution in [0, 0.1) is 11.6 Å². The maximum absolute atomic E-state index is 12.7. The van der Waals surface area contributed by atoms with Gasteiger partial charge in [-0.3, -0.25) is 0 Å². The van der Waals surface area contributed by atoms with E-state index in [0.29, 0.717) is 13.1 Å². The fourth-order valence-electron chi connectivity index (χ4n) is 1.11. The van der Waals surface area contributed by atoms with Crippen LogP contribution >= 0.6 is 0 Å². The van der Waals surface area contributed by atoms with E-state index in [9.17, 15) is 8.78 Å². The molecular formula is C10H14F2N2. The topological polar surface area (TPSA) is 38.0 Å². The standard InChI is InChI=1S/C10H14F2N2/c11-9-3-2-8(6-10(9)12)7-14-5-1-4-13/h2-3,6,14H,1,4-5,7,13H2. The Bertz CT molecular complexity index is 289. The highest BCUT2D eigenvalue weighted by Crippen LogP contribution is 2.08. The van der Waals surface area contributed by atoms with Crippen molar-refractivity contribution in [2.45, 2.75) is 13.0 Å². The number of hydrogen-bond acceptors (Lipinski definition) is 2.